The van der Waals surface area contributed by atoms with Gasteiger partial charge < -0.3 is 0 Å². The van der Waals surface area contributed by atoms with Crippen LogP contribution >= 0.6 is 11.6 Å². The van der Waals surface area contributed by atoms with Gasteiger partial charge in [0.05, 0.1) is 4.90 Å². The Balaban J connectivity index is 1.55. The van der Waals surface area contributed by atoms with Gasteiger partial charge in [-0.2, -0.15) is 8.78 Å². The number of halogens is 3. The first kappa shape index (κ1) is 21.2. The molecule has 2 aromatic carbocycles. The van der Waals surface area contributed by atoms with Crippen molar-refractivity contribution in [2.75, 3.05) is 26.2 Å². The maximum absolute atomic E-state index is 12.6. The Bertz CT molecular complexity index is 874. The number of sulfone groups is 1. The van der Waals surface area contributed by atoms with Crippen LogP contribution in [0.2, 0.25) is 5.02 Å². The lowest BCUT2D eigenvalue weighted by atomic mass is 10.2. The van der Waals surface area contributed by atoms with Gasteiger partial charge in [-0.25, -0.2) is 8.42 Å². The van der Waals surface area contributed by atoms with Gasteiger partial charge in [-0.3, -0.25) is 9.80 Å². The van der Waals surface area contributed by atoms with Crippen LogP contribution in [-0.4, -0.2) is 50.2 Å². The molecule has 0 radical (unpaired) electrons. The summed E-state index contributed by atoms with van der Waals surface area (Å²) in [7, 11) is -4.53. The van der Waals surface area contributed by atoms with Gasteiger partial charge in [0.25, 0.3) is 0 Å². The average Bonchev–Trinajstić information content (AvgIpc) is 2.89. The Kier molecular flexibility index (Phi) is 7.04. The van der Waals surface area contributed by atoms with Crippen molar-refractivity contribution in [1.82, 2.24) is 9.80 Å². The Morgan fingerprint density at radius 2 is 1.29 bits per heavy atom. The molecule has 0 bridgehead atoms. The van der Waals surface area contributed by atoms with Crippen LogP contribution in [0.4, 0.5) is 8.78 Å². The monoisotopic (exact) mass is 428 g/mol. The van der Waals surface area contributed by atoms with Crippen molar-refractivity contribution in [3.05, 3.63) is 64.7 Å². The number of rotatable bonds is 6. The lowest BCUT2D eigenvalue weighted by molar-refractivity contribution is 0.234. The second-order valence-electron chi connectivity index (χ2n) is 6.98. The molecule has 0 spiro atoms. The molecule has 3 rings (SSSR count). The van der Waals surface area contributed by atoms with E-state index in [0.717, 1.165) is 49.7 Å². The van der Waals surface area contributed by atoms with Gasteiger partial charge in [-0.1, -0.05) is 35.9 Å². The fourth-order valence-corrected chi connectivity index (χ4v) is 4.18. The van der Waals surface area contributed by atoms with E-state index >= 15 is 0 Å². The largest absolute Gasteiger partial charge is 0.341 e. The molecule has 0 atom stereocenters. The van der Waals surface area contributed by atoms with Crippen molar-refractivity contribution < 1.29 is 17.2 Å². The van der Waals surface area contributed by atoms with Crippen molar-refractivity contribution in [3.8, 4) is 0 Å². The van der Waals surface area contributed by atoms with Crippen LogP contribution in [0.1, 0.15) is 17.5 Å². The summed E-state index contributed by atoms with van der Waals surface area (Å²) in [6, 6.07) is 13.7. The van der Waals surface area contributed by atoms with E-state index in [4.69, 9.17) is 11.6 Å². The number of nitrogens with zero attached hydrogens (tertiary/aromatic N) is 2. The van der Waals surface area contributed by atoms with Crippen LogP contribution in [0.15, 0.2) is 53.4 Å². The number of alkyl halides is 2. The van der Waals surface area contributed by atoms with E-state index in [-0.39, 0.29) is 4.90 Å². The first-order chi connectivity index (χ1) is 13.3. The average molecular weight is 429 g/mol. The molecule has 0 saturated carbocycles. The van der Waals surface area contributed by atoms with Crippen molar-refractivity contribution in [1.29, 1.82) is 0 Å². The van der Waals surface area contributed by atoms with E-state index in [1.165, 1.54) is 17.7 Å². The van der Waals surface area contributed by atoms with Crippen LogP contribution in [0, 0.1) is 0 Å². The van der Waals surface area contributed by atoms with E-state index in [1.807, 2.05) is 24.3 Å². The summed E-state index contributed by atoms with van der Waals surface area (Å²) in [5.41, 5.74) is 2.15. The molecule has 0 unspecified atom stereocenters. The Labute approximate surface area is 169 Å². The molecule has 0 amide bonds. The topological polar surface area (TPSA) is 40.6 Å². The number of hydrogen-bond acceptors (Lipinski definition) is 4. The third-order valence-corrected chi connectivity index (χ3v) is 6.54. The van der Waals surface area contributed by atoms with Gasteiger partial charge in [0.2, 0.25) is 9.84 Å². The first-order valence-corrected chi connectivity index (χ1v) is 11.1. The molecule has 1 fully saturated rings. The number of hydrogen-bond donors (Lipinski definition) is 0. The minimum atomic E-state index is -4.53. The summed E-state index contributed by atoms with van der Waals surface area (Å²) in [5.74, 6) is -3.39. The van der Waals surface area contributed by atoms with Gasteiger partial charge >= 0.3 is 5.76 Å². The standard InChI is InChI=1S/C20H23ClF2N2O2S/c21-18-6-2-16(3-7-18)14-24-10-1-11-25(13-12-24)15-17-4-8-19(9-5-17)28(26,27)20(22)23/h2-9,20H,1,10-15H2. The first-order valence-electron chi connectivity index (χ1n) is 9.15. The minimum absolute atomic E-state index is 0.337. The molecule has 1 saturated heterocycles. The summed E-state index contributed by atoms with van der Waals surface area (Å²) in [4.78, 5) is 4.37. The molecular weight excluding hydrogens is 406 g/mol. The molecule has 0 aliphatic carbocycles. The highest BCUT2D eigenvalue weighted by Gasteiger charge is 2.26. The van der Waals surface area contributed by atoms with Crippen molar-refractivity contribution in [2.45, 2.75) is 30.2 Å². The van der Waals surface area contributed by atoms with Crippen molar-refractivity contribution in [2.24, 2.45) is 0 Å². The Morgan fingerprint density at radius 1 is 0.821 bits per heavy atom. The smallest absolute Gasteiger partial charge is 0.298 e. The summed E-state index contributed by atoms with van der Waals surface area (Å²) in [6.45, 7) is 5.32. The van der Waals surface area contributed by atoms with Crippen LogP contribution in [0.25, 0.3) is 0 Å². The highest BCUT2D eigenvalue weighted by atomic mass is 35.5. The molecule has 1 aliphatic heterocycles. The predicted octanol–water partition coefficient (Wildman–Crippen LogP) is 4.04. The summed E-state index contributed by atoms with van der Waals surface area (Å²) >= 11 is 5.94. The van der Waals surface area contributed by atoms with E-state index in [2.05, 4.69) is 9.80 Å². The van der Waals surface area contributed by atoms with Crippen LogP contribution < -0.4 is 0 Å². The van der Waals surface area contributed by atoms with Gasteiger partial charge in [-0.05, 0) is 54.9 Å². The molecular formula is C20H23ClF2N2O2S. The van der Waals surface area contributed by atoms with Crippen LogP contribution in [0.3, 0.4) is 0 Å². The fourth-order valence-electron chi connectivity index (χ4n) is 3.33. The maximum atomic E-state index is 12.6. The van der Waals surface area contributed by atoms with E-state index in [9.17, 15) is 17.2 Å². The predicted molar refractivity (Wildman–Crippen MR) is 106 cm³/mol. The highest BCUT2D eigenvalue weighted by Crippen LogP contribution is 2.20. The van der Waals surface area contributed by atoms with Gasteiger partial charge in [0, 0.05) is 31.2 Å². The van der Waals surface area contributed by atoms with Crippen molar-refractivity contribution in [3.63, 3.8) is 0 Å². The lowest BCUT2D eigenvalue weighted by Gasteiger charge is -2.22. The van der Waals surface area contributed by atoms with E-state index in [1.54, 1.807) is 12.1 Å². The lowest BCUT2D eigenvalue weighted by Crippen LogP contribution is -2.30. The van der Waals surface area contributed by atoms with Gasteiger partial charge in [0.1, 0.15) is 0 Å². The van der Waals surface area contributed by atoms with Crippen LogP contribution in [0.5, 0.6) is 0 Å². The third-order valence-electron chi connectivity index (χ3n) is 4.89. The fraction of sp³-hybridized carbons (Fsp3) is 0.400. The molecule has 28 heavy (non-hydrogen) atoms. The zero-order chi connectivity index (χ0) is 20.1. The minimum Gasteiger partial charge on any atom is -0.298 e. The van der Waals surface area contributed by atoms with Gasteiger partial charge in [-0.15, -0.1) is 0 Å². The molecule has 0 N–H and O–H groups in total. The Morgan fingerprint density at radius 3 is 1.75 bits per heavy atom. The zero-order valence-corrected chi connectivity index (χ0v) is 17.0. The normalized spacial score (nSPS) is 17.0. The second-order valence-corrected chi connectivity index (χ2v) is 9.34. The van der Waals surface area contributed by atoms with E-state index < -0.39 is 15.6 Å². The third kappa shape index (κ3) is 5.50. The molecule has 0 aromatic heterocycles. The molecule has 152 valence electrons. The quantitative estimate of drug-likeness (QED) is 0.696. The Hall–Kier alpha value is -1.54. The molecule has 1 aliphatic rings. The molecule has 1 heterocycles. The molecule has 2 aromatic rings. The molecule has 4 nitrogen and oxygen atoms in total. The van der Waals surface area contributed by atoms with Crippen LogP contribution in [-0.2, 0) is 22.9 Å². The highest BCUT2D eigenvalue weighted by molar-refractivity contribution is 7.91. The second kappa shape index (κ2) is 9.31. The summed E-state index contributed by atoms with van der Waals surface area (Å²) in [6.07, 6.45) is 1.03. The number of benzene rings is 2. The zero-order valence-electron chi connectivity index (χ0n) is 15.4. The SMILES string of the molecule is O=S(=O)(c1ccc(CN2CCCN(Cc3ccc(Cl)cc3)CC2)cc1)C(F)F. The summed E-state index contributed by atoms with van der Waals surface area (Å²) in [5, 5.41) is 0.734. The van der Waals surface area contributed by atoms with Crippen molar-refractivity contribution >= 4 is 21.4 Å². The maximum Gasteiger partial charge on any atom is 0.341 e. The summed E-state index contributed by atoms with van der Waals surface area (Å²) < 4.78 is 48.3. The molecule has 8 heteroatoms. The van der Waals surface area contributed by atoms with Gasteiger partial charge in [0.15, 0.2) is 0 Å². The van der Waals surface area contributed by atoms with E-state index in [0.29, 0.717) is 6.54 Å².